The van der Waals surface area contributed by atoms with Crippen LogP contribution in [-0.2, 0) is 0 Å². The van der Waals surface area contributed by atoms with Gasteiger partial charge in [-0.15, -0.1) is 0 Å². The Labute approximate surface area is 147 Å². The molecule has 2 aromatic rings. The number of anilines is 1. The first kappa shape index (κ1) is 17.2. The van der Waals surface area contributed by atoms with Crippen molar-refractivity contribution in [1.82, 2.24) is 9.88 Å². The second-order valence-electron chi connectivity index (χ2n) is 6.11. The Morgan fingerprint density at radius 3 is 2.56 bits per heavy atom. The summed E-state index contributed by atoms with van der Waals surface area (Å²) in [7, 11) is 1.68. The molecule has 0 spiro atoms. The monoisotopic (exact) mass is 342 g/mol. The van der Waals surface area contributed by atoms with E-state index in [1.807, 2.05) is 12.1 Å². The van der Waals surface area contributed by atoms with E-state index in [1.165, 1.54) is 17.8 Å². The van der Waals surface area contributed by atoms with Gasteiger partial charge >= 0.3 is 0 Å². The number of hydrogen-bond acceptors (Lipinski definition) is 6. The minimum absolute atomic E-state index is 0.0223. The molecule has 1 aromatic carbocycles. The summed E-state index contributed by atoms with van der Waals surface area (Å²) in [6, 6.07) is 11.7. The van der Waals surface area contributed by atoms with E-state index in [2.05, 4.69) is 33.8 Å². The van der Waals surface area contributed by atoms with E-state index < -0.39 is 4.92 Å². The van der Waals surface area contributed by atoms with E-state index in [1.54, 1.807) is 13.2 Å². The highest BCUT2D eigenvalue weighted by molar-refractivity contribution is 5.43. The third-order valence-corrected chi connectivity index (χ3v) is 4.71. The molecule has 2 heterocycles. The summed E-state index contributed by atoms with van der Waals surface area (Å²) in [5.74, 6) is 1.66. The van der Waals surface area contributed by atoms with Gasteiger partial charge in [0.25, 0.3) is 5.69 Å². The molecule has 1 aliphatic heterocycles. The van der Waals surface area contributed by atoms with Crippen LogP contribution in [0.2, 0.25) is 0 Å². The molecular formula is C18H22N4O3. The average Bonchev–Trinajstić information content (AvgIpc) is 2.67. The Bertz CT molecular complexity index is 727. The van der Waals surface area contributed by atoms with Crippen LogP contribution in [0.25, 0.3) is 0 Å². The number of nitro groups is 1. The van der Waals surface area contributed by atoms with E-state index in [4.69, 9.17) is 4.74 Å². The van der Waals surface area contributed by atoms with Crippen molar-refractivity contribution in [1.29, 1.82) is 0 Å². The molecule has 1 atom stereocenters. The lowest BCUT2D eigenvalue weighted by molar-refractivity contribution is -0.385. The van der Waals surface area contributed by atoms with Crippen LogP contribution >= 0.6 is 0 Å². The fourth-order valence-corrected chi connectivity index (χ4v) is 3.12. The molecule has 0 aliphatic carbocycles. The predicted molar refractivity (Wildman–Crippen MR) is 96.1 cm³/mol. The van der Waals surface area contributed by atoms with Gasteiger partial charge in [0.15, 0.2) is 0 Å². The first-order chi connectivity index (χ1) is 12.1. The third kappa shape index (κ3) is 3.88. The number of rotatable bonds is 5. The Kier molecular flexibility index (Phi) is 5.14. The molecule has 3 rings (SSSR count). The number of aromatic nitrogens is 1. The maximum Gasteiger partial charge on any atom is 0.287 e. The predicted octanol–water partition coefficient (Wildman–Crippen LogP) is 2.88. The Hall–Kier alpha value is -2.67. The molecule has 1 unspecified atom stereocenters. The minimum Gasteiger partial charge on any atom is -0.497 e. The molecule has 132 valence electrons. The molecule has 1 aromatic heterocycles. The van der Waals surface area contributed by atoms with E-state index >= 15 is 0 Å². The SMILES string of the molecule is COc1cccc(C(C)N2CCN(c3ccc([N+](=O)[O-])cn3)CC2)c1. The van der Waals surface area contributed by atoms with Crippen LogP contribution in [0.4, 0.5) is 11.5 Å². The van der Waals surface area contributed by atoms with Gasteiger partial charge in [-0.1, -0.05) is 12.1 Å². The largest absolute Gasteiger partial charge is 0.497 e. The Balaban J connectivity index is 1.62. The summed E-state index contributed by atoms with van der Waals surface area (Å²) in [5.41, 5.74) is 1.26. The highest BCUT2D eigenvalue weighted by Gasteiger charge is 2.23. The highest BCUT2D eigenvalue weighted by Crippen LogP contribution is 2.26. The van der Waals surface area contributed by atoms with Gasteiger partial charge in [-0.3, -0.25) is 15.0 Å². The minimum atomic E-state index is -0.426. The average molecular weight is 342 g/mol. The fraction of sp³-hybridized carbons (Fsp3) is 0.389. The number of piperazine rings is 1. The van der Waals surface area contributed by atoms with Crippen LogP contribution in [0.3, 0.4) is 0 Å². The lowest BCUT2D eigenvalue weighted by Gasteiger charge is -2.38. The van der Waals surface area contributed by atoms with Gasteiger partial charge in [-0.05, 0) is 30.7 Å². The van der Waals surface area contributed by atoms with Gasteiger partial charge in [0.05, 0.1) is 12.0 Å². The van der Waals surface area contributed by atoms with Crippen molar-refractivity contribution in [2.75, 3.05) is 38.2 Å². The van der Waals surface area contributed by atoms with Crippen LogP contribution < -0.4 is 9.64 Å². The summed E-state index contributed by atoms with van der Waals surface area (Å²) in [4.78, 5) is 19.1. The van der Waals surface area contributed by atoms with Crippen LogP contribution in [0.15, 0.2) is 42.6 Å². The summed E-state index contributed by atoms with van der Waals surface area (Å²) in [6.45, 7) is 5.72. The normalized spacial score (nSPS) is 16.5. The van der Waals surface area contributed by atoms with Crippen molar-refractivity contribution in [2.24, 2.45) is 0 Å². The van der Waals surface area contributed by atoms with Gasteiger partial charge in [0.1, 0.15) is 17.8 Å². The number of methoxy groups -OCH3 is 1. The van der Waals surface area contributed by atoms with Crippen molar-refractivity contribution in [2.45, 2.75) is 13.0 Å². The van der Waals surface area contributed by atoms with Gasteiger partial charge < -0.3 is 9.64 Å². The molecule has 0 amide bonds. The first-order valence-electron chi connectivity index (χ1n) is 8.32. The number of benzene rings is 1. The molecule has 25 heavy (non-hydrogen) atoms. The third-order valence-electron chi connectivity index (χ3n) is 4.71. The molecule has 7 nitrogen and oxygen atoms in total. The maximum absolute atomic E-state index is 10.7. The molecule has 0 saturated carbocycles. The van der Waals surface area contributed by atoms with E-state index in [0.29, 0.717) is 6.04 Å². The molecule has 1 saturated heterocycles. The lowest BCUT2D eigenvalue weighted by Crippen LogP contribution is -2.47. The second kappa shape index (κ2) is 7.48. The zero-order chi connectivity index (χ0) is 17.8. The van der Waals surface area contributed by atoms with Crippen molar-refractivity contribution < 1.29 is 9.66 Å². The van der Waals surface area contributed by atoms with Gasteiger partial charge in [-0.2, -0.15) is 0 Å². The van der Waals surface area contributed by atoms with Crippen LogP contribution in [0.5, 0.6) is 5.75 Å². The lowest BCUT2D eigenvalue weighted by atomic mass is 10.1. The highest BCUT2D eigenvalue weighted by atomic mass is 16.6. The first-order valence-corrected chi connectivity index (χ1v) is 8.32. The summed E-state index contributed by atoms with van der Waals surface area (Å²) >= 11 is 0. The zero-order valence-electron chi connectivity index (χ0n) is 14.5. The molecule has 7 heteroatoms. The molecule has 0 N–H and O–H groups in total. The topological polar surface area (TPSA) is 71.7 Å². The molecular weight excluding hydrogens is 320 g/mol. The molecule has 1 aliphatic rings. The van der Waals surface area contributed by atoms with Gasteiger partial charge in [0.2, 0.25) is 0 Å². The number of ether oxygens (including phenoxy) is 1. The summed E-state index contributed by atoms with van der Waals surface area (Å²) < 4.78 is 5.31. The number of hydrogen-bond donors (Lipinski definition) is 0. The van der Waals surface area contributed by atoms with E-state index in [-0.39, 0.29) is 5.69 Å². The second-order valence-corrected chi connectivity index (χ2v) is 6.11. The number of pyridine rings is 1. The van der Waals surface area contributed by atoms with Gasteiger partial charge in [-0.25, -0.2) is 4.98 Å². The Morgan fingerprint density at radius 1 is 1.20 bits per heavy atom. The quantitative estimate of drug-likeness (QED) is 0.614. The van der Waals surface area contributed by atoms with Crippen LogP contribution in [0, 0.1) is 10.1 Å². The number of nitrogens with zero attached hydrogens (tertiary/aromatic N) is 4. The van der Waals surface area contributed by atoms with Crippen molar-refractivity contribution in [3.63, 3.8) is 0 Å². The van der Waals surface area contributed by atoms with E-state index in [9.17, 15) is 10.1 Å². The van der Waals surface area contributed by atoms with Crippen molar-refractivity contribution in [3.05, 3.63) is 58.3 Å². The standard InChI is InChI=1S/C18H22N4O3/c1-14(15-4-3-5-17(12-15)25-2)20-8-10-21(11-9-20)18-7-6-16(13-19-18)22(23)24/h3-7,12-14H,8-11H2,1-2H3. The summed E-state index contributed by atoms with van der Waals surface area (Å²) in [5, 5.41) is 10.7. The smallest absolute Gasteiger partial charge is 0.287 e. The Morgan fingerprint density at radius 2 is 1.96 bits per heavy atom. The van der Waals surface area contributed by atoms with Crippen LogP contribution in [-0.4, -0.2) is 48.1 Å². The van der Waals surface area contributed by atoms with Crippen molar-refractivity contribution >= 4 is 11.5 Å². The van der Waals surface area contributed by atoms with Crippen LogP contribution in [0.1, 0.15) is 18.5 Å². The molecule has 1 fully saturated rings. The fourth-order valence-electron chi connectivity index (χ4n) is 3.12. The molecule has 0 radical (unpaired) electrons. The maximum atomic E-state index is 10.7. The van der Waals surface area contributed by atoms with E-state index in [0.717, 1.165) is 37.7 Å². The van der Waals surface area contributed by atoms with Crippen molar-refractivity contribution in [3.8, 4) is 5.75 Å². The van der Waals surface area contributed by atoms with Gasteiger partial charge in [0, 0.05) is 38.3 Å². The molecule has 0 bridgehead atoms. The zero-order valence-corrected chi connectivity index (χ0v) is 14.5. The summed E-state index contributed by atoms with van der Waals surface area (Å²) in [6.07, 6.45) is 1.32.